The van der Waals surface area contributed by atoms with Gasteiger partial charge in [0.2, 0.25) is 5.91 Å². The van der Waals surface area contributed by atoms with Crippen molar-refractivity contribution in [3.63, 3.8) is 0 Å². The first-order valence-electron chi connectivity index (χ1n) is 8.01. The summed E-state index contributed by atoms with van der Waals surface area (Å²) in [4.78, 5) is 12.1. The van der Waals surface area contributed by atoms with Gasteiger partial charge in [-0.2, -0.15) is 0 Å². The molecule has 5 heteroatoms. The normalized spacial score (nSPS) is 11.8. The number of carbonyl (C=O) groups is 1. The maximum Gasteiger partial charge on any atom is 0.234 e. The summed E-state index contributed by atoms with van der Waals surface area (Å²) in [6, 6.07) is 16.0. The van der Waals surface area contributed by atoms with E-state index in [0.29, 0.717) is 6.54 Å². The molecule has 0 aliphatic rings. The Morgan fingerprint density at radius 2 is 1.88 bits per heavy atom. The zero-order valence-electron chi connectivity index (χ0n) is 14.0. The summed E-state index contributed by atoms with van der Waals surface area (Å²) in [6.45, 7) is 2.84. The Hall–Kier alpha value is -1.85. The van der Waals surface area contributed by atoms with Gasteiger partial charge in [0.1, 0.15) is 5.75 Å². The lowest BCUT2D eigenvalue weighted by atomic mass is 10.0. The molecule has 0 fully saturated rings. The first-order valence-corrected chi connectivity index (χ1v) is 8.80. The molecule has 0 unspecified atom stereocenters. The van der Waals surface area contributed by atoms with Crippen molar-refractivity contribution in [1.29, 1.82) is 0 Å². The third-order valence-corrected chi connectivity index (χ3v) is 4.39. The van der Waals surface area contributed by atoms with Gasteiger partial charge in [-0.1, -0.05) is 53.2 Å². The van der Waals surface area contributed by atoms with E-state index in [4.69, 9.17) is 4.74 Å². The van der Waals surface area contributed by atoms with Gasteiger partial charge in [-0.05, 0) is 30.2 Å². The van der Waals surface area contributed by atoms with Crippen LogP contribution in [-0.4, -0.2) is 19.6 Å². The number of rotatable bonds is 8. The Balaban J connectivity index is 1.84. The highest BCUT2D eigenvalue weighted by atomic mass is 79.9. The number of hydrogen-bond donors (Lipinski definition) is 2. The smallest absolute Gasteiger partial charge is 0.234 e. The van der Waals surface area contributed by atoms with E-state index in [2.05, 4.69) is 45.6 Å². The van der Waals surface area contributed by atoms with Crippen molar-refractivity contribution in [2.24, 2.45) is 0 Å². The minimum Gasteiger partial charge on any atom is -0.496 e. The Kier molecular flexibility index (Phi) is 7.28. The van der Waals surface area contributed by atoms with Crippen molar-refractivity contribution in [2.75, 3.05) is 13.7 Å². The number of para-hydroxylation sites is 1. The fraction of sp³-hybridized carbons (Fsp3) is 0.316. The molecule has 2 aromatic rings. The minimum absolute atomic E-state index is 0.0310. The molecule has 0 aliphatic carbocycles. The molecule has 2 rings (SSSR count). The summed E-state index contributed by atoms with van der Waals surface area (Å²) < 4.78 is 6.34. The number of hydrogen-bond acceptors (Lipinski definition) is 3. The van der Waals surface area contributed by atoms with Crippen LogP contribution in [0.5, 0.6) is 5.75 Å². The molecule has 1 amide bonds. The van der Waals surface area contributed by atoms with Crippen LogP contribution in [0, 0.1) is 0 Å². The molecule has 24 heavy (non-hydrogen) atoms. The highest BCUT2D eigenvalue weighted by molar-refractivity contribution is 9.10. The van der Waals surface area contributed by atoms with E-state index in [1.807, 2.05) is 36.4 Å². The Morgan fingerprint density at radius 3 is 2.54 bits per heavy atom. The molecule has 128 valence electrons. The van der Waals surface area contributed by atoms with Gasteiger partial charge in [-0.15, -0.1) is 0 Å². The van der Waals surface area contributed by atoms with Crippen molar-refractivity contribution in [1.82, 2.24) is 10.6 Å². The van der Waals surface area contributed by atoms with E-state index >= 15 is 0 Å². The predicted molar refractivity (Wildman–Crippen MR) is 100 cm³/mol. The molecule has 0 radical (unpaired) electrons. The zero-order valence-corrected chi connectivity index (χ0v) is 15.6. The van der Waals surface area contributed by atoms with Crippen LogP contribution in [0.1, 0.15) is 30.5 Å². The van der Waals surface area contributed by atoms with Gasteiger partial charge in [0, 0.05) is 22.6 Å². The lowest BCUT2D eigenvalue weighted by Gasteiger charge is -2.17. The Bertz CT molecular complexity index is 659. The summed E-state index contributed by atoms with van der Waals surface area (Å²) in [5.74, 6) is 0.753. The topological polar surface area (TPSA) is 50.4 Å². The third kappa shape index (κ3) is 5.35. The van der Waals surface area contributed by atoms with Crippen LogP contribution in [0.4, 0.5) is 0 Å². The molecule has 0 heterocycles. The summed E-state index contributed by atoms with van der Waals surface area (Å²) in [5.41, 5.74) is 2.14. The highest BCUT2D eigenvalue weighted by Gasteiger charge is 2.11. The lowest BCUT2D eigenvalue weighted by Crippen LogP contribution is -2.35. The number of amides is 1. The van der Waals surface area contributed by atoms with Crippen molar-refractivity contribution >= 4 is 21.8 Å². The van der Waals surface area contributed by atoms with Crippen molar-refractivity contribution < 1.29 is 9.53 Å². The number of carbonyl (C=O) groups excluding carboxylic acids is 1. The minimum atomic E-state index is -0.0310. The van der Waals surface area contributed by atoms with Crippen LogP contribution < -0.4 is 15.4 Å². The van der Waals surface area contributed by atoms with Gasteiger partial charge in [0.15, 0.2) is 0 Å². The number of ether oxygens (including phenoxy) is 1. The average Bonchev–Trinajstić information content (AvgIpc) is 2.62. The predicted octanol–water partition coefficient (Wildman–Crippen LogP) is 3.81. The van der Waals surface area contributed by atoms with E-state index < -0.39 is 0 Å². The standard InChI is InChI=1S/C19H23BrN2O2/c1-3-17(14-8-10-16(20)11-9-14)21-13-19(23)22-12-15-6-4-5-7-18(15)24-2/h4-11,17,21H,3,12-13H2,1-2H3,(H,22,23)/t17-/m1/s1. The fourth-order valence-corrected chi connectivity index (χ4v) is 2.78. The number of benzene rings is 2. The molecule has 2 aromatic carbocycles. The van der Waals surface area contributed by atoms with Gasteiger partial charge < -0.3 is 15.4 Å². The third-order valence-electron chi connectivity index (χ3n) is 3.86. The second-order valence-corrected chi connectivity index (χ2v) is 6.40. The fourth-order valence-electron chi connectivity index (χ4n) is 2.51. The maximum atomic E-state index is 12.1. The molecule has 1 atom stereocenters. The Morgan fingerprint density at radius 1 is 1.17 bits per heavy atom. The SMILES string of the molecule is CC[C@@H](NCC(=O)NCc1ccccc1OC)c1ccc(Br)cc1. The summed E-state index contributed by atoms with van der Waals surface area (Å²) in [6.07, 6.45) is 0.918. The monoisotopic (exact) mass is 390 g/mol. The molecule has 0 saturated heterocycles. The number of halogens is 1. The molecule has 0 spiro atoms. The molecule has 4 nitrogen and oxygen atoms in total. The van der Waals surface area contributed by atoms with Crippen LogP contribution in [0.3, 0.4) is 0 Å². The van der Waals surface area contributed by atoms with Crippen molar-refractivity contribution in [3.05, 3.63) is 64.1 Å². The quantitative estimate of drug-likeness (QED) is 0.720. The zero-order chi connectivity index (χ0) is 17.4. The van der Waals surface area contributed by atoms with Crippen LogP contribution >= 0.6 is 15.9 Å². The molecule has 0 bridgehead atoms. The van der Waals surface area contributed by atoms with E-state index in [-0.39, 0.29) is 18.5 Å². The molecule has 0 saturated carbocycles. The van der Waals surface area contributed by atoms with E-state index in [1.165, 1.54) is 5.56 Å². The van der Waals surface area contributed by atoms with Crippen LogP contribution in [0.25, 0.3) is 0 Å². The van der Waals surface area contributed by atoms with E-state index in [1.54, 1.807) is 7.11 Å². The lowest BCUT2D eigenvalue weighted by molar-refractivity contribution is -0.120. The summed E-state index contributed by atoms with van der Waals surface area (Å²) >= 11 is 3.44. The first kappa shape index (κ1) is 18.5. The summed E-state index contributed by atoms with van der Waals surface area (Å²) in [7, 11) is 1.63. The molecule has 0 aromatic heterocycles. The second-order valence-electron chi connectivity index (χ2n) is 5.48. The number of nitrogens with one attached hydrogen (secondary N) is 2. The van der Waals surface area contributed by atoms with Crippen LogP contribution in [0.2, 0.25) is 0 Å². The molecule has 0 aliphatic heterocycles. The number of methoxy groups -OCH3 is 1. The van der Waals surface area contributed by atoms with Gasteiger partial charge in [-0.25, -0.2) is 0 Å². The largest absolute Gasteiger partial charge is 0.496 e. The maximum absolute atomic E-state index is 12.1. The Labute approximate surface area is 151 Å². The van der Waals surface area contributed by atoms with Gasteiger partial charge in [0.25, 0.3) is 0 Å². The first-order chi connectivity index (χ1) is 11.6. The van der Waals surface area contributed by atoms with Crippen molar-refractivity contribution in [2.45, 2.75) is 25.9 Å². The van der Waals surface area contributed by atoms with Crippen LogP contribution in [0.15, 0.2) is 53.0 Å². The van der Waals surface area contributed by atoms with Gasteiger partial charge in [-0.3, -0.25) is 4.79 Å². The molecular formula is C19H23BrN2O2. The van der Waals surface area contributed by atoms with Gasteiger partial charge >= 0.3 is 0 Å². The van der Waals surface area contributed by atoms with E-state index in [0.717, 1.165) is 22.2 Å². The summed E-state index contributed by atoms with van der Waals surface area (Å²) in [5, 5.41) is 6.24. The van der Waals surface area contributed by atoms with Gasteiger partial charge in [0.05, 0.1) is 13.7 Å². The van der Waals surface area contributed by atoms with E-state index in [9.17, 15) is 4.79 Å². The average molecular weight is 391 g/mol. The van der Waals surface area contributed by atoms with Crippen LogP contribution in [-0.2, 0) is 11.3 Å². The molecular weight excluding hydrogens is 368 g/mol. The van der Waals surface area contributed by atoms with Crippen molar-refractivity contribution in [3.8, 4) is 5.75 Å². The second kappa shape index (κ2) is 9.45. The molecule has 2 N–H and O–H groups in total. The highest BCUT2D eigenvalue weighted by Crippen LogP contribution is 2.19.